The van der Waals surface area contributed by atoms with Gasteiger partial charge in [-0.3, -0.25) is 0 Å². The van der Waals surface area contributed by atoms with Gasteiger partial charge in [-0.25, -0.2) is 4.39 Å². The molecule has 0 atom stereocenters. The van der Waals surface area contributed by atoms with Crippen molar-refractivity contribution in [2.24, 2.45) is 0 Å². The van der Waals surface area contributed by atoms with Gasteiger partial charge in [-0.2, -0.15) is 5.26 Å². The van der Waals surface area contributed by atoms with Gasteiger partial charge in [0.25, 0.3) is 0 Å². The van der Waals surface area contributed by atoms with E-state index in [0.717, 1.165) is 4.90 Å². The van der Waals surface area contributed by atoms with Gasteiger partial charge >= 0.3 is 0 Å². The van der Waals surface area contributed by atoms with E-state index in [1.807, 2.05) is 38.1 Å². The number of halogens is 2. The van der Waals surface area contributed by atoms with Gasteiger partial charge in [0.1, 0.15) is 6.07 Å². The summed E-state index contributed by atoms with van der Waals surface area (Å²) in [6.07, 6.45) is 0. The average molecular weight is 336 g/mol. The van der Waals surface area contributed by atoms with Crippen LogP contribution in [0.15, 0.2) is 44.6 Å². The molecule has 0 aliphatic rings. The van der Waals surface area contributed by atoms with Gasteiger partial charge in [-0.1, -0.05) is 17.8 Å². The summed E-state index contributed by atoms with van der Waals surface area (Å²) in [5, 5.41) is 8.84. The Balaban J connectivity index is 2.36. The molecular weight excluding hydrogens is 325 g/mol. The standard InChI is InChI=1S/C15H11BrFNS/c1-9-3-5-12(7-10(9)2)19-13-6-4-11(8-18)14(16)15(13)17/h3-7H,1-2H3. The van der Waals surface area contributed by atoms with Crippen LogP contribution in [0.1, 0.15) is 16.7 Å². The Morgan fingerprint density at radius 2 is 1.89 bits per heavy atom. The Hall–Kier alpha value is -1.31. The zero-order chi connectivity index (χ0) is 14.0. The maximum Gasteiger partial charge on any atom is 0.152 e. The smallest absolute Gasteiger partial charge is 0.152 e. The quantitative estimate of drug-likeness (QED) is 0.750. The largest absolute Gasteiger partial charge is 0.204 e. The highest BCUT2D eigenvalue weighted by atomic mass is 79.9. The topological polar surface area (TPSA) is 23.8 Å². The second-order valence-corrected chi connectivity index (χ2v) is 6.11. The first-order chi connectivity index (χ1) is 9.02. The maximum atomic E-state index is 14.1. The highest BCUT2D eigenvalue weighted by molar-refractivity contribution is 9.10. The van der Waals surface area contributed by atoms with Crippen molar-refractivity contribution in [3.05, 3.63) is 57.3 Å². The van der Waals surface area contributed by atoms with Crippen molar-refractivity contribution in [2.45, 2.75) is 23.6 Å². The summed E-state index contributed by atoms with van der Waals surface area (Å²) in [7, 11) is 0. The van der Waals surface area contributed by atoms with Crippen molar-refractivity contribution in [3.8, 4) is 6.07 Å². The van der Waals surface area contributed by atoms with E-state index in [1.54, 1.807) is 12.1 Å². The summed E-state index contributed by atoms with van der Waals surface area (Å²) < 4.78 is 14.3. The summed E-state index contributed by atoms with van der Waals surface area (Å²) in [6, 6.07) is 11.2. The number of nitriles is 1. The van der Waals surface area contributed by atoms with Crippen LogP contribution in [0.5, 0.6) is 0 Å². The minimum atomic E-state index is -0.387. The molecule has 0 aliphatic carbocycles. The Kier molecular flexibility index (Phi) is 4.28. The SMILES string of the molecule is Cc1ccc(Sc2ccc(C#N)c(Br)c2F)cc1C. The van der Waals surface area contributed by atoms with Crippen molar-refractivity contribution in [3.63, 3.8) is 0 Å². The highest BCUT2D eigenvalue weighted by Gasteiger charge is 2.12. The molecule has 0 saturated carbocycles. The molecule has 0 unspecified atom stereocenters. The third-order valence-corrected chi connectivity index (χ3v) is 4.67. The third kappa shape index (κ3) is 2.99. The normalized spacial score (nSPS) is 10.3. The minimum absolute atomic E-state index is 0.226. The molecule has 0 radical (unpaired) electrons. The number of rotatable bonds is 2. The van der Waals surface area contributed by atoms with Crippen LogP contribution in [-0.2, 0) is 0 Å². The van der Waals surface area contributed by atoms with Crippen LogP contribution in [0.4, 0.5) is 4.39 Å². The molecule has 96 valence electrons. The molecular formula is C15H11BrFNS. The third-order valence-electron chi connectivity index (χ3n) is 2.87. The summed E-state index contributed by atoms with van der Waals surface area (Å²) in [6.45, 7) is 4.08. The van der Waals surface area contributed by atoms with Crippen molar-refractivity contribution in [2.75, 3.05) is 0 Å². The molecule has 0 heterocycles. The Morgan fingerprint density at radius 3 is 2.53 bits per heavy atom. The lowest BCUT2D eigenvalue weighted by molar-refractivity contribution is 0.594. The first-order valence-corrected chi connectivity index (χ1v) is 7.27. The van der Waals surface area contributed by atoms with Crippen LogP contribution >= 0.6 is 27.7 Å². The van der Waals surface area contributed by atoms with E-state index in [4.69, 9.17) is 5.26 Å². The van der Waals surface area contributed by atoms with E-state index in [-0.39, 0.29) is 10.3 Å². The molecule has 0 N–H and O–H groups in total. The monoisotopic (exact) mass is 335 g/mol. The van der Waals surface area contributed by atoms with Gasteiger partial charge < -0.3 is 0 Å². The van der Waals surface area contributed by atoms with Crippen LogP contribution in [-0.4, -0.2) is 0 Å². The molecule has 2 aromatic carbocycles. The molecule has 0 bridgehead atoms. The van der Waals surface area contributed by atoms with Gasteiger partial charge in [-0.15, -0.1) is 0 Å². The first kappa shape index (κ1) is 14.1. The van der Waals surface area contributed by atoms with Crippen LogP contribution in [0.2, 0.25) is 0 Å². The van der Waals surface area contributed by atoms with Crippen molar-refractivity contribution < 1.29 is 4.39 Å². The van der Waals surface area contributed by atoms with Crippen molar-refractivity contribution >= 4 is 27.7 Å². The van der Waals surface area contributed by atoms with E-state index in [2.05, 4.69) is 15.9 Å². The Morgan fingerprint density at radius 1 is 1.16 bits per heavy atom. The van der Waals surface area contributed by atoms with Gasteiger partial charge in [0.15, 0.2) is 5.82 Å². The molecule has 0 amide bonds. The lowest BCUT2D eigenvalue weighted by atomic mass is 10.1. The van der Waals surface area contributed by atoms with E-state index in [9.17, 15) is 4.39 Å². The molecule has 0 aliphatic heterocycles. The molecule has 19 heavy (non-hydrogen) atoms. The van der Waals surface area contributed by atoms with E-state index in [1.165, 1.54) is 22.9 Å². The number of aryl methyl sites for hydroxylation is 2. The summed E-state index contributed by atoms with van der Waals surface area (Å²) in [5.41, 5.74) is 2.70. The van der Waals surface area contributed by atoms with Gasteiger partial charge in [0, 0.05) is 9.79 Å². The zero-order valence-electron chi connectivity index (χ0n) is 10.5. The zero-order valence-corrected chi connectivity index (χ0v) is 12.9. The number of benzene rings is 2. The van der Waals surface area contributed by atoms with Crippen molar-refractivity contribution in [1.29, 1.82) is 5.26 Å². The second-order valence-electron chi connectivity index (χ2n) is 4.20. The maximum absolute atomic E-state index is 14.1. The number of nitrogens with zero attached hydrogens (tertiary/aromatic N) is 1. The predicted molar refractivity (Wildman–Crippen MR) is 78.9 cm³/mol. The van der Waals surface area contributed by atoms with Gasteiger partial charge in [0.05, 0.1) is 10.0 Å². The molecule has 2 aromatic rings. The molecule has 4 heteroatoms. The molecule has 0 spiro atoms. The van der Waals surface area contributed by atoms with E-state index < -0.39 is 0 Å². The number of hydrogen-bond donors (Lipinski definition) is 0. The van der Waals surface area contributed by atoms with Gasteiger partial charge in [-0.05, 0) is 65.2 Å². The lowest BCUT2D eigenvalue weighted by Gasteiger charge is -2.07. The molecule has 0 aromatic heterocycles. The van der Waals surface area contributed by atoms with Crippen LogP contribution in [0.3, 0.4) is 0 Å². The van der Waals surface area contributed by atoms with Crippen LogP contribution in [0.25, 0.3) is 0 Å². The Bertz CT molecular complexity index is 677. The summed E-state index contributed by atoms with van der Waals surface area (Å²) in [4.78, 5) is 1.49. The van der Waals surface area contributed by atoms with E-state index >= 15 is 0 Å². The Labute approximate surface area is 124 Å². The predicted octanol–water partition coefficient (Wildman–Crippen LogP) is 5.23. The fraction of sp³-hybridized carbons (Fsp3) is 0.133. The fourth-order valence-corrected chi connectivity index (χ4v) is 3.12. The molecule has 1 nitrogen and oxygen atoms in total. The number of hydrogen-bond acceptors (Lipinski definition) is 2. The van der Waals surface area contributed by atoms with Crippen LogP contribution in [0, 0.1) is 31.0 Å². The molecule has 2 rings (SSSR count). The lowest BCUT2D eigenvalue weighted by Crippen LogP contribution is -1.88. The van der Waals surface area contributed by atoms with Gasteiger partial charge in [0.2, 0.25) is 0 Å². The molecule has 0 fully saturated rings. The summed E-state index contributed by atoms with van der Waals surface area (Å²) >= 11 is 4.48. The van der Waals surface area contributed by atoms with Crippen LogP contribution < -0.4 is 0 Å². The van der Waals surface area contributed by atoms with Crippen molar-refractivity contribution in [1.82, 2.24) is 0 Å². The highest BCUT2D eigenvalue weighted by Crippen LogP contribution is 2.34. The second kappa shape index (κ2) is 5.77. The summed E-state index contributed by atoms with van der Waals surface area (Å²) in [5.74, 6) is -0.387. The fourth-order valence-electron chi connectivity index (χ4n) is 1.60. The first-order valence-electron chi connectivity index (χ1n) is 5.66. The molecule has 0 saturated heterocycles. The minimum Gasteiger partial charge on any atom is -0.204 e. The van der Waals surface area contributed by atoms with E-state index in [0.29, 0.717) is 10.5 Å². The average Bonchev–Trinajstić information content (AvgIpc) is 2.40.